The zero-order valence-electron chi connectivity index (χ0n) is 15.7. The van der Waals surface area contributed by atoms with E-state index in [2.05, 4.69) is 38.6 Å². The van der Waals surface area contributed by atoms with Gasteiger partial charge in [0, 0.05) is 117 Å². The van der Waals surface area contributed by atoms with E-state index in [-0.39, 0.29) is 105 Å². The molecular weight excluding hydrogens is 695 g/mol. The maximum Gasteiger partial charge on any atom is 0.300 e. The number of aliphatic carboxylic acids is 1. The van der Waals surface area contributed by atoms with Crippen molar-refractivity contribution in [3.63, 3.8) is 0 Å². The van der Waals surface area contributed by atoms with E-state index in [4.69, 9.17) is 23.7 Å². The van der Waals surface area contributed by atoms with Crippen LogP contribution in [0.15, 0.2) is 0 Å². The van der Waals surface area contributed by atoms with Crippen LogP contribution in [0.2, 0.25) is 0 Å². The normalized spacial score (nSPS) is 8.00. The third-order valence-corrected chi connectivity index (χ3v) is 2.63. The number of carbonyl (C=O) groups is 1. The number of hydrogen-bond donors (Lipinski definition) is 2. The first-order valence-electron chi connectivity index (χ1n) is 6.81. The quantitative estimate of drug-likeness (QED) is 0.0658. The SMILES string of the molecule is C[CH-]CCBr.C[CH-]CCC(=O)O.C[CH-]CCSOOO.O=S([O-])[O-].[Y].[Y].[Y]. The fraction of sp³-hybridized carbons (Fsp3) is 0.692. The minimum atomic E-state index is -3.11. The molecule has 2 N–H and O–H groups in total. The smallest absolute Gasteiger partial charge is 0.300 e. The van der Waals surface area contributed by atoms with E-state index in [0.717, 1.165) is 29.5 Å². The van der Waals surface area contributed by atoms with E-state index in [9.17, 15) is 4.79 Å². The molecule has 0 saturated heterocycles. The van der Waals surface area contributed by atoms with Crippen LogP contribution in [0.3, 0.4) is 0 Å². The Bertz CT molecular complexity index is 250. The summed E-state index contributed by atoms with van der Waals surface area (Å²) in [4.78, 5) is 9.74. The summed E-state index contributed by atoms with van der Waals surface area (Å²) in [6, 6.07) is 0. The Labute approximate surface area is 254 Å². The fourth-order valence-corrected chi connectivity index (χ4v) is 1.50. The molecule has 0 amide bonds. The Balaban J connectivity index is -0.0000000392. The Morgan fingerprint density at radius 1 is 1.07 bits per heavy atom. The molecule has 0 aliphatic heterocycles. The van der Waals surface area contributed by atoms with E-state index in [0.29, 0.717) is 6.42 Å². The van der Waals surface area contributed by atoms with Gasteiger partial charge in [-0.25, -0.2) is 5.26 Å². The van der Waals surface area contributed by atoms with E-state index < -0.39 is 17.3 Å². The molecule has 27 heavy (non-hydrogen) atoms. The third-order valence-electron chi connectivity index (χ3n) is 1.61. The van der Waals surface area contributed by atoms with Crippen molar-refractivity contribution in [2.45, 2.75) is 46.5 Å². The molecule has 0 unspecified atom stereocenters. The molecule has 0 aromatic rings. The summed E-state index contributed by atoms with van der Waals surface area (Å²) < 4.78 is 29.4. The zero-order valence-corrected chi connectivity index (χ0v) is 27.5. The Morgan fingerprint density at radius 3 is 1.67 bits per heavy atom. The number of halogens is 1. The van der Waals surface area contributed by atoms with Gasteiger partial charge in [-0.1, -0.05) is 21.0 Å². The molecule has 0 aromatic carbocycles. The van der Waals surface area contributed by atoms with Crippen molar-refractivity contribution in [2.24, 2.45) is 0 Å². The Hall–Kier alpha value is 3.56. The van der Waals surface area contributed by atoms with Gasteiger partial charge in [-0.15, -0.1) is 15.7 Å². The van der Waals surface area contributed by atoms with Gasteiger partial charge in [0.25, 0.3) is 0 Å². The van der Waals surface area contributed by atoms with Crippen molar-refractivity contribution >= 4 is 45.3 Å². The predicted octanol–water partition coefficient (Wildman–Crippen LogP) is 3.73. The molecule has 0 atom stereocenters. The van der Waals surface area contributed by atoms with Crippen LogP contribution >= 0.6 is 28.0 Å². The first-order valence-corrected chi connectivity index (χ1v) is 9.84. The van der Waals surface area contributed by atoms with E-state index in [1.54, 1.807) is 0 Å². The predicted molar refractivity (Wildman–Crippen MR) is 96.8 cm³/mol. The number of hydrogen-bond acceptors (Lipinski definition) is 8. The average Bonchev–Trinajstić information content (AvgIpc) is 2.51. The molecule has 0 spiro atoms. The molecule has 0 aromatic heterocycles. The van der Waals surface area contributed by atoms with Crippen molar-refractivity contribution in [3.05, 3.63) is 19.3 Å². The second-order valence-corrected chi connectivity index (χ2v) is 5.57. The van der Waals surface area contributed by atoms with Gasteiger partial charge in [-0.2, -0.15) is 40.0 Å². The van der Waals surface area contributed by atoms with Gasteiger partial charge < -0.3 is 33.5 Å². The van der Waals surface area contributed by atoms with Crippen LogP contribution < -0.4 is 0 Å². The molecule has 0 rings (SSSR count). The summed E-state index contributed by atoms with van der Waals surface area (Å²) in [6.45, 7) is 5.87. The van der Waals surface area contributed by atoms with E-state index >= 15 is 0 Å². The number of unbranched alkanes of at least 4 members (excludes halogenated alkanes) is 3. The van der Waals surface area contributed by atoms with Crippen LogP contribution in [0.1, 0.15) is 46.5 Å². The first-order chi connectivity index (χ1) is 11.3. The summed E-state index contributed by atoms with van der Waals surface area (Å²) in [5.41, 5.74) is 0. The van der Waals surface area contributed by atoms with E-state index in [1.165, 1.54) is 6.42 Å². The van der Waals surface area contributed by atoms with Gasteiger partial charge in [-0.05, 0) is 11.1 Å². The van der Waals surface area contributed by atoms with Gasteiger partial charge >= 0.3 is 5.97 Å². The number of alkyl halides is 1. The second kappa shape index (κ2) is 51.9. The van der Waals surface area contributed by atoms with Crippen molar-refractivity contribution < 1.29 is 136 Å². The maximum atomic E-state index is 9.74. The minimum absolute atomic E-state index is 0. The molecule has 0 aliphatic carbocycles. The largest absolute Gasteiger partial charge is 0.784 e. The van der Waals surface area contributed by atoms with Crippen molar-refractivity contribution in [1.82, 2.24) is 0 Å². The molecular formula is C13H26BrO8S2Y3-5. The third kappa shape index (κ3) is 106. The summed E-state index contributed by atoms with van der Waals surface area (Å²) >= 11 is 1.24. The summed E-state index contributed by atoms with van der Waals surface area (Å²) in [6.07, 6.45) is 9.05. The van der Waals surface area contributed by atoms with Gasteiger partial charge in [0.15, 0.2) is 0 Å². The van der Waals surface area contributed by atoms with Crippen molar-refractivity contribution in [3.8, 4) is 0 Å². The number of rotatable bonds is 10. The average molecular weight is 721 g/mol. The standard InChI is InChI=1S/C5H9O2.C4H8Br.C4H9O3S.H2O3S.3Y/c1-2-3-4-5(6)7;1-2-3-4-5;1-2-3-4-8-7-6-5;1-4(2)3;;;/h2H,3-4H2,1H3,(H,6,7);2H,3-4H2,1H3;2,5H,3-4H2,1H3;(H2,1,2,3);;;/q3*-1;;;;/p-2. The molecule has 0 aliphatic rings. The van der Waals surface area contributed by atoms with Gasteiger partial charge in [0.05, 0.1) is 0 Å². The van der Waals surface area contributed by atoms with Crippen LogP contribution in [-0.2, 0) is 124 Å². The topological polar surface area (TPSA) is 139 Å². The van der Waals surface area contributed by atoms with Gasteiger partial charge in [0.1, 0.15) is 0 Å². The van der Waals surface area contributed by atoms with Crippen LogP contribution in [0.4, 0.5) is 0 Å². The van der Waals surface area contributed by atoms with Gasteiger partial charge in [-0.3, -0.25) is 9.00 Å². The fourth-order valence-electron chi connectivity index (χ4n) is 0.598. The number of carboxylic acid groups (broad SMARTS) is 1. The monoisotopic (exact) mass is 720 g/mol. The van der Waals surface area contributed by atoms with Crippen LogP contribution in [0.25, 0.3) is 0 Å². The van der Waals surface area contributed by atoms with Gasteiger partial charge in [0.2, 0.25) is 0 Å². The molecule has 0 fully saturated rings. The molecule has 8 nitrogen and oxygen atoms in total. The second-order valence-electron chi connectivity index (χ2n) is 3.59. The first kappa shape index (κ1) is 48.1. The zero-order chi connectivity index (χ0) is 19.6. The molecule has 3 radical (unpaired) electrons. The maximum absolute atomic E-state index is 9.74. The molecule has 0 saturated carbocycles. The number of carboxylic acids is 1. The Morgan fingerprint density at radius 2 is 1.48 bits per heavy atom. The summed E-state index contributed by atoms with van der Waals surface area (Å²) in [5.74, 6) is 0.0787. The van der Waals surface area contributed by atoms with Crippen molar-refractivity contribution in [2.75, 3.05) is 11.1 Å². The molecule has 14 heteroatoms. The van der Waals surface area contributed by atoms with E-state index in [1.807, 2.05) is 26.7 Å². The van der Waals surface area contributed by atoms with Crippen molar-refractivity contribution in [1.29, 1.82) is 0 Å². The van der Waals surface area contributed by atoms with Crippen LogP contribution in [-0.4, -0.2) is 40.7 Å². The van der Waals surface area contributed by atoms with Crippen LogP contribution in [0, 0.1) is 19.3 Å². The summed E-state index contributed by atoms with van der Waals surface area (Å²) in [7, 11) is 0. The van der Waals surface area contributed by atoms with Crippen LogP contribution in [0.5, 0.6) is 0 Å². The Kier molecular flexibility index (Phi) is 92.4. The molecule has 0 heterocycles. The summed E-state index contributed by atoms with van der Waals surface area (Å²) in [5, 5.41) is 20.1. The molecule has 159 valence electrons. The molecule has 0 bridgehead atoms. The minimum Gasteiger partial charge on any atom is -0.784 e.